The number of nitrogens with one attached hydrogen (secondary N) is 2. The molecular weight excluding hydrogens is 423 g/mol. The molecule has 2 aliphatic rings. The molecule has 0 aromatic rings. The number of rotatable bonds is 6. The quantitative estimate of drug-likeness (QED) is 0.365. The predicted octanol–water partition coefficient (Wildman–Crippen LogP) is 2.17. The second kappa shape index (κ2) is 11.8. The Kier molecular flexibility index (Phi) is 10.9. The largest absolute Gasteiger partial charge is 0.381 e. The molecule has 0 amide bonds. The highest BCUT2D eigenvalue weighted by molar-refractivity contribution is 14.0. The molecule has 2 rings (SSSR count). The zero-order valence-corrected chi connectivity index (χ0v) is 17.8. The van der Waals surface area contributed by atoms with E-state index in [2.05, 4.69) is 26.8 Å². The van der Waals surface area contributed by atoms with Crippen LogP contribution in [-0.2, 0) is 4.74 Å². The first-order valence-corrected chi connectivity index (χ1v) is 9.80. The maximum absolute atomic E-state index is 5.50. The van der Waals surface area contributed by atoms with Crippen LogP contribution in [-0.4, -0.2) is 74.8 Å². The molecule has 0 radical (unpaired) electrons. The van der Waals surface area contributed by atoms with Crippen LogP contribution in [0.3, 0.4) is 0 Å². The summed E-state index contributed by atoms with van der Waals surface area (Å²) in [6.07, 6.45) is 8.54. The Morgan fingerprint density at radius 3 is 2.48 bits per heavy atom. The molecule has 0 spiro atoms. The van der Waals surface area contributed by atoms with E-state index < -0.39 is 0 Å². The SMILES string of the molecule is CN=C(NCCN1CCCCC1)NCC1(SC)CCOCC1.I. The zero-order valence-electron chi connectivity index (χ0n) is 14.6. The van der Waals surface area contributed by atoms with Crippen molar-refractivity contribution in [1.82, 2.24) is 15.5 Å². The first-order chi connectivity index (χ1) is 10.8. The first-order valence-electron chi connectivity index (χ1n) is 8.58. The van der Waals surface area contributed by atoms with Crippen LogP contribution in [0.1, 0.15) is 32.1 Å². The van der Waals surface area contributed by atoms with Crippen LogP contribution in [0.4, 0.5) is 0 Å². The zero-order chi connectivity index (χ0) is 15.7. The average molecular weight is 456 g/mol. The topological polar surface area (TPSA) is 48.9 Å². The second-order valence-corrected chi connectivity index (χ2v) is 7.53. The van der Waals surface area contributed by atoms with E-state index in [4.69, 9.17) is 4.74 Å². The molecule has 2 heterocycles. The average Bonchev–Trinajstić information content (AvgIpc) is 2.59. The van der Waals surface area contributed by atoms with Crippen molar-refractivity contribution in [2.75, 3.05) is 59.2 Å². The van der Waals surface area contributed by atoms with E-state index in [1.54, 1.807) is 0 Å². The van der Waals surface area contributed by atoms with Gasteiger partial charge in [0.1, 0.15) is 0 Å². The third kappa shape index (κ3) is 7.36. The number of thioether (sulfide) groups is 1. The van der Waals surface area contributed by atoms with Gasteiger partial charge in [-0.3, -0.25) is 4.99 Å². The van der Waals surface area contributed by atoms with E-state index >= 15 is 0 Å². The summed E-state index contributed by atoms with van der Waals surface area (Å²) < 4.78 is 5.79. The summed E-state index contributed by atoms with van der Waals surface area (Å²) in [6.45, 7) is 7.30. The number of ether oxygens (including phenoxy) is 1. The molecule has 2 aliphatic heterocycles. The van der Waals surface area contributed by atoms with Gasteiger partial charge in [-0.05, 0) is 45.0 Å². The molecule has 2 saturated heterocycles. The van der Waals surface area contributed by atoms with E-state index in [1.165, 1.54) is 32.4 Å². The molecule has 2 N–H and O–H groups in total. The lowest BCUT2D eigenvalue weighted by Gasteiger charge is -2.36. The molecule has 136 valence electrons. The van der Waals surface area contributed by atoms with Gasteiger partial charge in [-0.1, -0.05) is 6.42 Å². The minimum absolute atomic E-state index is 0. The van der Waals surface area contributed by atoms with Crippen LogP contribution in [0, 0.1) is 0 Å². The Hall–Kier alpha value is 0.270. The van der Waals surface area contributed by atoms with E-state index in [0.29, 0.717) is 4.75 Å². The van der Waals surface area contributed by atoms with Crippen molar-refractivity contribution in [3.8, 4) is 0 Å². The first kappa shape index (κ1) is 21.3. The Morgan fingerprint density at radius 2 is 1.87 bits per heavy atom. The Bertz CT molecular complexity index is 345. The molecule has 0 bridgehead atoms. The fourth-order valence-corrected chi connectivity index (χ4v) is 3.97. The fraction of sp³-hybridized carbons (Fsp3) is 0.938. The monoisotopic (exact) mass is 456 g/mol. The van der Waals surface area contributed by atoms with Crippen molar-refractivity contribution in [3.05, 3.63) is 0 Å². The van der Waals surface area contributed by atoms with Gasteiger partial charge in [0.05, 0.1) is 0 Å². The maximum atomic E-state index is 5.50. The summed E-state index contributed by atoms with van der Waals surface area (Å²) in [5.74, 6) is 0.928. The van der Waals surface area contributed by atoms with Crippen molar-refractivity contribution in [1.29, 1.82) is 0 Å². The molecule has 7 heteroatoms. The van der Waals surface area contributed by atoms with Crippen molar-refractivity contribution in [2.24, 2.45) is 4.99 Å². The number of hydrogen-bond acceptors (Lipinski definition) is 4. The smallest absolute Gasteiger partial charge is 0.191 e. The molecule has 0 aromatic heterocycles. The minimum atomic E-state index is 0. The van der Waals surface area contributed by atoms with Crippen molar-refractivity contribution in [2.45, 2.75) is 36.9 Å². The number of likely N-dealkylation sites (tertiary alicyclic amines) is 1. The van der Waals surface area contributed by atoms with Crippen LogP contribution in [0.15, 0.2) is 4.99 Å². The predicted molar refractivity (Wildman–Crippen MR) is 111 cm³/mol. The fourth-order valence-electron chi connectivity index (χ4n) is 3.18. The van der Waals surface area contributed by atoms with Crippen molar-refractivity contribution < 1.29 is 4.74 Å². The number of halogens is 1. The van der Waals surface area contributed by atoms with Gasteiger partial charge in [-0.2, -0.15) is 11.8 Å². The van der Waals surface area contributed by atoms with Gasteiger partial charge < -0.3 is 20.3 Å². The number of piperidine rings is 1. The highest BCUT2D eigenvalue weighted by Gasteiger charge is 2.31. The number of aliphatic imine (C=N–C) groups is 1. The molecule has 2 fully saturated rings. The summed E-state index contributed by atoms with van der Waals surface area (Å²) in [4.78, 5) is 6.90. The van der Waals surface area contributed by atoms with Crippen LogP contribution >= 0.6 is 35.7 Å². The van der Waals surface area contributed by atoms with Gasteiger partial charge >= 0.3 is 0 Å². The summed E-state index contributed by atoms with van der Waals surface area (Å²) >= 11 is 1.96. The lowest BCUT2D eigenvalue weighted by atomic mass is 9.99. The lowest BCUT2D eigenvalue weighted by Crippen LogP contribution is -2.49. The van der Waals surface area contributed by atoms with Gasteiger partial charge in [0, 0.05) is 44.6 Å². The number of guanidine groups is 1. The van der Waals surface area contributed by atoms with Gasteiger partial charge in [-0.15, -0.1) is 24.0 Å². The van der Waals surface area contributed by atoms with E-state index in [0.717, 1.165) is 51.6 Å². The van der Waals surface area contributed by atoms with Gasteiger partial charge in [0.15, 0.2) is 5.96 Å². The summed E-state index contributed by atoms with van der Waals surface area (Å²) in [7, 11) is 1.85. The Morgan fingerprint density at radius 1 is 1.17 bits per heavy atom. The second-order valence-electron chi connectivity index (χ2n) is 6.25. The third-order valence-electron chi connectivity index (χ3n) is 4.81. The highest BCUT2D eigenvalue weighted by Crippen LogP contribution is 2.32. The van der Waals surface area contributed by atoms with Crippen molar-refractivity contribution >= 4 is 41.7 Å². The summed E-state index contributed by atoms with van der Waals surface area (Å²) in [5, 5.41) is 6.97. The van der Waals surface area contributed by atoms with E-state index in [9.17, 15) is 0 Å². The minimum Gasteiger partial charge on any atom is -0.381 e. The van der Waals surface area contributed by atoms with Crippen LogP contribution in [0.5, 0.6) is 0 Å². The lowest BCUT2D eigenvalue weighted by molar-refractivity contribution is 0.0783. The van der Waals surface area contributed by atoms with Gasteiger partial charge in [0.2, 0.25) is 0 Å². The number of nitrogens with zero attached hydrogens (tertiary/aromatic N) is 2. The molecule has 0 aromatic carbocycles. The molecule has 0 atom stereocenters. The van der Waals surface area contributed by atoms with Crippen LogP contribution < -0.4 is 10.6 Å². The van der Waals surface area contributed by atoms with Crippen molar-refractivity contribution in [3.63, 3.8) is 0 Å². The van der Waals surface area contributed by atoms with Crippen LogP contribution in [0.25, 0.3) is 0 Å². The highest BCUT2D eigenvalue weighted by atomic mass is 127. The molecule has 23 heavy (non-hydrogen) atoms. The third-order valence-corrected chi connectivity index (χ3v) is 6.23. The van der Waals surface area contributed by atoms with Gasteiger partial charge in [0.25, 0.3) is 0 Å². The maximum Gasteiger partial charge on any atom is 0.191 e. The van der Waals surface area contributed by atoms with Gasteiger partial charge in [-0.25, -0.2) is 0 Å². The summed E-state index contributed by atoms with van der Waals surface area (Å²) in [5.41, 5.74) is 0. The molecule has 5 nitrogen and oxygen atoms in total. The molecule has 0 saturated carbocycles. The standard InChI is InChI=1S/C16H32N4OS.HI/c1-17-15(18-8-11-20-9-4-3-5-10-20)19-14-16(22-2)6-12-21-13-7-16;/h3-14H2,1-2H3,(H2,17,18,19);1H. The van der Waals surface area contributed by atoms with E-state index in [-0.39, 0.29) is 24.0 Å². The molecule has 0 unspecified atom stereocenters. The molecular formula is C16H33IN4OS. The number of hydrogen-bond donors (Lipinski definition) is 2. The molecule has 0 aliphatic carbocycles. The van der Waals surface area contributed by atoms with Crippen LogP contribution in [0.2, 0.25) is 0 Å². The normalized spacial score (nSPS) is 22.3. The van der Waals surface area contributed by atoms with E-state index in [1.807, 2.05) is 18.8 Å². The Balaban J connectivity index is 0.00000264. The Labute approximate surface area is 162 Å². The summed E-state index contributed by atoms with van der Waals surface area (Å²) in [6, 6.07) is 0.